The van der Waals surface area contributed by atoms with Crippen molar-refractivity contribution in [3.63, 3.8) is 0 Å². The van der Waals surface area contributed by atoms with Crippen molar-refractivity contribution in [2.24, 2.45) is 0 Å². The van der Waals surface area contributed by atoms with Crippen molar-refractivity contribution in [2.75, 3.05) is 18.0 Å². The molecule has 1 fully saturated rings. The average Bonchev–Trinajstić information content (AvgIpc) is 2.99. The molecule has 1 atom stereocenters. The first kappa shape index (κ1) is 15.7. The largest absolute Gasteiger partial charge is 0.388 e. The Hall–Kier alpha value is -2.81. The summed E-state index contributed by atoms with van der Waals surface area (Å²) in [5, 5.41) is 15.2. The van der Waals surface area contributed by atoms with Crippen molar-refractivity contribution in [1.29, 1.82) is 0 Å². The molecule has 9 heteroatoms. The molecule has 0 radical (unpaired) electrons. The summed E-state index contributed by atoms with van der Waals surface area (Å²) >= 11 is 0. The second kappa shape index (κ2) is 5.92. The molecule has 0 aromatic carbocycles. The van der Waals surface area contributed by atoms with Crippen molar-refractivity contribution < 1.29 is 9.63 Å². The fourth-order valence-corrected chi connectivity index (χ4v) is 3.27. The van der Waals surface area contributed by atoms with E-state index in [1.807, 2.05) is 4.90 Å². The summed E-state index contributed by atoms with van der Waals surface area (Å²) in [5.41, 5.74) is -0.788. The molecule has 0 spiro atoms. The molecule has 25 heavy (non-hydrogen) atoms. The van der Waals surface area contributed by atoms with Gasteiger partial charge in [0.1, 0.15) is 5.82 Å². The van der Waals surface area contributed by atoms with E-state index >= 15 is 0 Å². The van der Waals surface area contributed by atoms with Gasteiger partial charge in [-0.05, 0) is 31.9 Å². The molecule has 1 aliphatic heterocycles. The minimum absolute atomic E-state index is 0.217. The number of rotatable bonds is 3. The lowest BCUT2D eigenvalue weighted by Gasteiger charge is -2.39. The molecule has 0 bridgehead atoms. The van der Waals surface area contributed by atoms with Crippen LogP contribution in [-0.4, -0.2) is 48.9 Å². The molecule has 130 valence electrons. The minimum atomic E-state index is -0.963. The summed E-state index contributed by atoms with van der Waals surface area (Å²) in [6.07, 6.45) is 3.10. The molecule has 1 saturated heterocycles. The van der Waals surface area contributed by atoms with Crippen LogP contribution < -0.4 is 10.5 Å². The summed E-state index contributed by atoms with van der Waals surface area (Å²) in [4.78, 5) is 29.1. The smallest absolute Gasteiger partial charge is 0.260 e. The zero-order valence-corrected chi connectivity index (χ0v) is 13.8. The SMILES string of the molecule is Cc1noc(CC2(O)CCCN(c3ccc4c(=O)[nH]cnc4n3)C2)n1. The predicted molar refractivity (Wildman–Crippen MR) is 89.3 cm³/mol. The maximum atomic E-state index is 11.8. The van der Waals surface area contributed by atoms with Gasteiger partial charge in [0, 0.05) is 13.1 Å². The highest BCUT2D eigenvalue weighted by atomic mass is 16.5. The zero-order valence-electron chi connectivity index (χ0n) is 13.8. The van der Waals surface area contributed by atoms with Crippen LogP contribution in [0.4, 0.5) is 5.82 Å². The molecular weight excluding hydrogens is 324 g/mol. The first-order chi connectivity index (χ1) is 12.0. The summed E-state index contributed by atoms with van der Waals surface area (Å²) in [6, 6.07) is 3.49. The van der Waals surface area contributed by atoms with Crippen molar-refractivity contribution in [1.82, 2.24) is 25.1 Å². The summed E-state index contributed by atoms with van der Waals surface area (Å²) < 4.78 is 5.14. The van der Waals surface area contributed by atoms with Gasteiger partial charge in [-0.15, -0.1) is 0 Å². The Bertz CT molecular complexity index is 968. The normalized spacial score (nSPS) is 21.0. The van der Waals surface area contributed by atoms with E-state index in [0.29, 0.717) is 48.0 Å². The molecule has 0 saturated carbocycles. The first-order valence-corrected chi connectivity index (χ1v) is 8.13. The molecule has 4 heterocycles. The third-order valence-corrected chi connectivity index (χ3v) is 4.42. The Morgan fingerprint density at radius 1 is 1.40 bits per heavy atom. The fraction of sp³-hybridized carbons (Fsp3) is 0.438. The van der Waals surface area contributed by atoms with Gasteiger partial charge in [-0.2, -0.15) is 4.98 Å². The van der Waals surface area contributed by atoms with Gasteiger partial charge in [0.05, 0.1) is 23.7 Å². The second-order valence-corrected chi connectivity index (χ2v) is 6.43. The van der Waals surface area contributed by atoms with Crippen LogP contribution >= 0.6 is 0 Å². The monoisotopic (exact) mass is 342 g/mol. The van der Waals surface area contributed by atoms with Gasteiger partial charge in [-0.25, -0.2) is 9.97 Å². The lowest BCUT2D eigenvalue weighted by Crippen LogP contribution is -2.50. The van der Waals surface area contributed by atoms with Crippen LogP contribution in [0.3, 0.4) is 0 Å². The van der Waals surface area contributed by atoms with Crippen LogP contribution in [0.15, 0.2) is 27.8 Å². The number of β-amino-alcohol motifs (C(OH)–C–C–N with tert-alkyl or cyclic N) is 1. The molecule has 9 nitrogen and oxygen atoms in total. The van der Waals surface area contributed by atoms with Gasteiger partial charge in [0.2, 0.25) is 5.89 Å². The van der Waals surface area contributed by atoms with Crippen LogP contribution in [0.25, 0.3) is 11.0 Å². The van der Waals surface area contributed by atoms with Crippen LogP contribution in [0.1, 0.15) is 24.6 Å². The van der Waals surface area contributed by atoms with E-state index < -0.39 is 5.60 Å². The van der Waals surface area contributed by atoms with Crippen molar-refractivity contribution in [3.05, 3.63) is 40.5 Å². The van der Waals surface area contributed by atoms with Gasteiger partial charge >= 0.3 is 0 Å². The number of aromatic amines is 1. The van der Waals surface area contributed by atoms with Crippen LogP contribution in [0.2, 0.25) is 0 Å². The molecule has 2 N–H and O–H groups in total. The maximum absolute atomic E-state index is 11.8. The molecule has 3 aromatic rings. The van der Waals surface area contributed by atoms with E-state index in [2.05, 4.69) is 25.1 Å². The third-order valence-electron chi connectivity index (χ3n) is 4.42. The van der Waals surface area contributed by atoms with Crippen molar-refractivity contribution in [2.45, 2.75) is 31.8 Å². The van der Waals surface area contributed by atoms with E-state index in [9.17, 15) is 9.90 Å². The van der Waals surface area contributed by atoms with Gasteiger partial charge in [-0.3, -0.25) is 4.79 Å². The number of hydrogen-bond acceptors (Lipinski definition) is 8. The Morgan fingerprint density at radius 3 is 3.08 bits per heavy atom. The van der Waals surface area contributed by atoms with Crippen LogP contribution in [0.5, 0.6) is 0 Å². The number of nitrogens with zero attached hydrogens (tertiary/aromatic N) is 5. The number of hydrogen-bond donors (Lipinski definition) is 2. The molecule has 0 amide bonds. The highest BCUT2D eigenvalue weighted by Gasteiger charge is 2.35. The van der Waals surface area contributed by atoms with E-state index in [4.69, 9.17) is 4.52 Å². The zero-order chi connectivity index (χ0) is 17.4. The number of piperidine rings is 1. The van der Waals surface area contributed by atoms with Gasteiger partial charge in [-0.1, -0.05) is 5.16 Å². The van der Waals surface area contributed by atoms with Gasteiger partial charge in [0.15, 0.2) is 11.5 Å². The molecular formula is C16H18N6O3. The number of aliphatic hydroxyl groups is 1. The number of aryl methyl sites for hydroxylation is 1. The van der Waals surface area contributed by atoms with E-state index in [1.54, 1.807) is 19.1 Å². The van der Waals surface area contributed by atoms with Crippen LogP contribution in [-0.2, 0) is 6.42 Å². The Kier molecular flexibility index (Phi) is 3.72. The number of anilines is 1. The Morgan fingerprint density at radius 2 is 2.28 bits per heavy atom. The summed E-state index contributed by atoms with van der Waals surface area (Å²) in [6.45, 7) is 2.92. The topological polar surface area (TPSA) is 121 Å². The number of H-pyrrole nitrogens is 1. The lowest BCUT2D eigenvalue weighted by molar-refractivity contribution is 0.0192. The number of aromatic nitrogens is 5. The lowest BCUT2D eigenvalue weighted by atomic mass is 9.89. The second-order valence-electron chi connectivity index (χ2n) is 6.43. The third kappa shape index (κ3) is 3.10. The average molecular weight is 342 g/mol. The molecule has 0 aliphatic carbocycles. The van der Waals surface area contributed by atoms with Crippen molar-refractivity contribution >= 4 is 16.9 Å². The predicted octanol–water partition coefficient (Wildman–Crippen LogP) is 0.584. The van der Waals surface area contributed by atoms with Crippen LogP contribution in [0, 0.1) is 6.92 Å². The quantitative estimate of drug-likeness (QED) is 0.709. The summed E-state index contributed by atoms with van der Waals surface area (Å²) in [7, 11) is 0. The molecule has 1 unspecified atom stereocenters. The highest BCUT2D eigenvalue weighted by molar-refractivity contribution is 5.75. The molecule has 1 aliphatic rings. The van der Waals surface area contributed by atoms with E-state index in [-0.39, 0.29) is 5.56 Å². The Balaban J connectivity index is 1.59. The number of pyridine rings is 1. The van der Waals surface area contributed by atoms with Crippen molar-refractivity contribution in [3.8, 4) is 0 Å². The van der Waals surface area contributed by atoms with E-state index in [1.165, 1.54) is 6.33 Å². The van der Waals surface area contributed by atoms with Gasteiger partial charge < -0.3 is 19.5 Å². The highest BCUT2D eigenvalue weighted by Crippen LogP contribution is 2.28. The number of fused-ring (bicyclic) bond motifs is 1. The standard InChI is InChI=1S/C16H18N6O3/c1-10-19-13(25-21-10)7-16(24)5-2-6-22(8-16)12-4-3-11-14(20-12)17-9-18-15(11)23/h3-4,9,24H,2,5-8H2,1H3,(H,17,18,20,23). The first-order valence-electron chi connectivity index (χ1n) is 8.13. The fourth-order valence-electron chi connectivity index (χ4n) is 3.27. The minimum Gasteiger partial charge on any atom is -0.388 e. The number of nitrogens with one attached hydrogen (secondary N) is 1. The van der Waals surface area contributed by atoms with Gasteiger partial charge in [0.25, 0.3) is 5.56 Å². The van der Waals surface area contributed by atoms with E-state index in [0.717, 1.165) is 13.0 Å². The molecule has 4 rings (SSSR count). The maximum Gasteiger partial charge on any atom is 0.260 e. The molecule has 3 aromatic heterocycles. The Labute approximate surface area is 142 Å². The summed E-state index contributed by atoms with van der Waals surface area (Å²) in [5.74, 6) is 1.67.